The van der Waals surface area contributed by atoms with E-state index in [1.165, 1.54) is 0 Å². The summed E-state index contributed by atoms with van der Waals surface area (Å²) < 4.78 is 0. The second-order valence-corrected chi connectivity index (χ2v) is 7.07. The fourth-order valence-corrected chi connectivity index (χ4v) is 2.70. The summed E-state index contributed by atoms with van der Waals surface area (Å²) in [6.45, 7) is 4.85. The highest BCUT2D eigenvalue weighted by molar-refractivity contribution is 6.30. The maximum atomic E-state index is 9.44. The van der Waals surface area contributed by atoms with Crippen LogP contribution in [-0.2, 0) is 6.54 Å². The van der Waals surface area contributed by atoms with Crippen molar-refractivity contribution in [1.29, 1.82) is 0 Å². The highest BCUT2D eigenvalue weighted by Crippen LogP contribution is 2.20. The lowest BCUT2D eigenvalue weighted by molar-refractivity contribution is 0.0399. The summed E-state index contributed by atoms with van der Waals surface area (Å²) in [5, 5.41) is 19.6. The first kappa shape index (κ1) is 18.8. The maximum Gasteiger partial charge on any atom is 0.159 e. The molecule has 24 heavy (non-hydrogen) atoms. The number of hydrogen-bond acceptors (Lipinski definition) is 5. The Labute approximate surface area is 147 Å². The van der Waals surface area contributed by atoms with Crippen molar-refractivity contribution >= 4 is 11.6 Å². The van der Waals surface area contributed by atoms with Gasteiger partial charge >= 0.3 is 0 Å². The molecule has 2 N–H and O–H groups in total. The van der Waals surface area contributed by atoms with Crippen LogP contribution >= 0.6 is 11.6 Å². The van der Waals surface area contributed by atoms with Gasteiger partial charge in [-0.05, 0) is 44.3 Å². The average Bonchev–Trinajstić information content (AvgIpc) is 2.54. The summed E-state index contributed by atoms with van der Waals surface area (Å²) in [6, 6.07) is 9.40. The van der Waals surface area contributed by atoms with Crippen LogP contribution in [0, 0.1) is 12.3 Å². The molecule has 0 fully saturated rings. The van der Waals surface area contributed by atoms with Crippen molar-refractivity contribution in [2.24, 2.45) is 5.41 Å². The first-order valence-corrected chi connectivity index (χ1v) is 8.24. The van der Waals surface area contributed by atoms with Gasteiger partial charge in [-0.3, -0.25) is 4.90 Å². The van der Waals surface area contributed by atoms with Gasteiger partial charge in [-0.1, -0.05) is 18.5 Å². The smallest absolute Gasteiger partial charge is 0.159 e. The van der Waals surface area contributed by atoms with Crippen LogP contribution in [-0.4, -0.2) is 51.9 Å². The number of benzene rings is 1. The molecule has 5 nitrogen and oxygen atoms in total. The predicted octanol–water partition coefficient (Wildman–Crippen LogP) is 2.53. The molecule has 0 bridgehead atoms. The van der Waals surface area contributed by atoms with Crippen LogP contribution in [0.25, 0.3) is 11.4 Å². The molecule has 2 aromatic rings. The summed E-state index contributed by atoms with van der Waals surface area (Å²) in [5.41, 5.74) is 2.18. The highest BCUT2D eigenvalue weighted by Gasteiger charge is 2.24. The molecular weight excluding hydrogens is 326 g/mol. The van der Waals surface area contributed by atoms with Crippen molar-refractivity contribution in [2.45, 2.75) is 20.4 Å². The standard InChI is InChI=1S/C18H24ClN3O2/c1-13-8-16(9-22(3)10-18(2,11-23)12-24)21-17(20-13)14-4-6-15(19)7-5-14/h4-8,23-24H,9-12H2,1-3H3. The lowest BCUT2D eigenvalue weighted by Gasteiger charge is -2.30. The summed E-state index contributed by atoms with van der Waals surface area (Å²) in [4.78, 5) is 11.2. The van der Waals surface area contributed by atoms with E-state index >= 15 is 0 Å². The summed E-state index contributed by atoms with van der Waals surface area (Å²) in [5.74, 6) is 0.669. The third-order valence-corrected chi connectivity index (χ3v) is 4.11. The lowest BCUT2D eigenvalue weighted by Crippen LogP contribution is -2.38. The molecule has 130 valence electrons. The Hall–Kier alpha value is -1.53. The Balaban J connectivity index is 2.18. The van der Waals surface area contributed by atoms with Crippen LogP contribution in [0.2, 0.25) is 5.02 Å². The molecule has 0 aliphatic carbocycles. The van der Waals surface area contributed by atoms with Crippen molar-refractivity contribution in [2.75, 3.05) is 26.8 Å². The molecule has 0 saturated carbocycles. The Morgan fingerprint density at radius 3 is 2.33 bits per heavy atom. The van der Waals surface area contributed by atoms with Crippen LogP contribution in [0.1, 0.15) is 18.3 Å². The maximum absolute atomic E-state index is 9.44. The van der Waals surface area contributed by atoms with Gasteiger partial charge in [-0.25, -0.2) is 9.97 Å². The minimum absolute atomic E-state index is 0.0628. The molecule has 0 amide bonds. The number of aryl methyl sites for hydroxylation is 1. The summed E-state index contributed by atoms with van der Waals surface area (Å²) in [7, 11) is 1.95. The number of halogens is 1. The number of hydrogen-bond donors (Lipinski definition) is 2. The molecule has 1 aromatic carbocycles. The van der Waals surface area contributed by atoms with Gasteiger partial charge in [0.15, 0.2) is 5.82 Å². The van der Waals surface area contributed by atoms with E-state index in [1.54, 1.807) is 0 Å². The van der Waals surface area contributed by atoms with E-state index in [0.717, 1.165) is 17.0 Å². The zero-order chi connectivity index (χ0) is 17.7. The molecule has 1 aromatic heterocycles. The van der Waals surface area contributed by atoms with Crippen LogP contribution in [0.5, 0.6) is 0 Å². The number of aliphatic hydroxyl groups is 2. The number of rotatable bonds is 7. The van der Waals surface area contributed by atoms with Crippen LogP contribution in [0.15, 0.2) is 30.3 Å². The highest BCUT2D eigenvalue weighted by atomic mass is 35.5. The van der Waals surface area contributed by atoms with Crippen LogP contribution < -0.4 is 0 Å². The Bertz CT molecular complexity index is 672. The zero-order valence-electron chi connectivity index (χ0n) is 14.3. The lowest BCUT2D eigenvalue weighted by atomic mass is 9.92. The fraction of sp³-hybridized carbons (Fsp3) is 0.444. The van der Waals surface area contributed by atoms with Crippen molar-refractivity contribution in [3.8, 4) is 11.4 Å². The largest absolute Gasteiger partial charge is 0.396 e. The molecule has 2 rings (SSSR count). The van der Waals surface area contributed by atoms with E-state index in [1.807, 2.05) is 56.1 Å². The molecular formula is C18H24ClN3O2. The van der Waals surface area contributed by atoms with Gasteiger partial charge in [0.25, 0.3) is 0 Å². The van der Waals surface area contributed by atoms with Crippen molar-refractivity contribution in [1.82, 2.24) is 14.9 Å². The van der Waals surface area contributed by atoms with Crippen LogP contribution in [0.3, 0.4) is 0 Å². The minimum atomic E-state index is -0.532. The molecule has 0 aliphatic heterocycles. The molecule has 0 atom stereocenters. The van der Waals surface area contributed by atoms with E-state index in [4.69, 9.17) is 11.6 Å². The Morgan fingerprint density at radius 2 is 1.75 bits per heavy atom. The first-order valence-electron chi connectivity index (χ1n) is 7.86. The quantitative estimate of drug-likeness (QED) is 0.803. The Morgan fingerprint density at radius 1 is 1.12 bits per heavy atom. The Kier molecular flexibility index (Phi) is 6.29. The second kappa shape index (κ2) is 8.03. The summed E-state index contributed by atoms with van der Waals surface area (Å²) >= 11 is 5.93. The number of aliphatic hydroxyl groups excluding tert-OH is 2. The van der Waals surface area contributed by atoms with Gasteiger partial charge in [-0.15, -0.1) is 0 Å². The van der Waals surface area contributed by atoms with Crippen molar-refractivity contribution in [3.05, 3.63) is 46.7 Å². The second-order valence-electron chi connectivity index (χ2n) is 6.63. The summed E-state index contributed by atoms with van der Waals surface area (Å²) in [6.07, 6.45) is 0. The molecule has 0 spiro atoms. The molecule has 1 heterocycles. The number of aromatic nitrogens is 2. The van der Waals surface area contributed by atoms with Gasteiger partial charge in [0.1, 0.15) is 0 Å². The molecule has 0 unspecified atom stereocenters. The molecule has 0 saturated heterocycles. The third-order valence-electron chi connectivity index (χ3n) is 3.86. The first-order chi connectivity index (χ1) is 11.3. The van der Waals surface area contributed by atoms with E-state index in [9.17, 15) is 10.2 Å². The fourth-order valence-electron chi connectivity index (χ4n) is 2.58. The van der Waals surface area contributed by atoms with E-state index in [-0.39, 0.29) is 13.2 Å². The van der Waals surface area contributed by atoms with Gasteiger partial charge < -0.3 is 10.2 Å². The van der Waals surface area contributed by atoms with Gasteiger partial charge in [0, 0.05) is 34.8 Å². The van der Waals surface area contributed by atoms with Gasteiger partial charge in [0.05, 0.1) is 18.9 Å². The zero-order valence-corrected chi connectivity index (χ0v) is 15.1. The van der Waals surface area contributed by atoms with E-state index in [2.05, 4.69) is 9.97 Å². The number of nitrogens with zero attached hydrogens (tertiary/aromatic N) is 3. The SMILES string of the molecule is Cc1cc(CN(C)CC(C)(CO)CO)nc(-c2ccc(Cl)cc2)n1. The van der Waals surface area contributed by atoms with E-state index < -0.39 is 5.41 Å². The normalized spacial score (nSPS) is 12.0. The van der Waals surface area contributed by atoms with Crippen molar-refractivity contribution < 1.29 is 10.2 Å². The topological polar surface area (TPSA) is 69.5 Å². The van der Waals surface area contributed by atoms with E-state index in [0.29, 0.717) is 23.9 Å². The minimum Gasteiger partial charge on any atom is -0.396 e. The van der Waals surface area contributed by atoms with Crippen molar-refractivity contribution in [3.63, 3.8) is 0 Å². The molecule has 6 heteroatoms. The van der Waals surface area contributed by atoms with Crippen LogP contribution in [0.4, 0.5) is 0 Å². The average molecular weight is 350 g/mol. The molecule has 0 aliphatic rings. The van der Waals surface area contributed by atoms with Gasteiger partial charge in [0.2, 0.25) is 0 Å². The third kappa shape index (κ3) is 4.98. The van der Waals surface area contributed by atoms with Gasteiger partial charge in [-0.2, -0.15) is 0 Å². The molecule has 0 radical (unpaired) electrons. The monoisotopic (exact) mass is 349 g/mol. The predicted molar refractivity (Wildman–Crippen MR) is 95.8 cm³/mol.